The molecular weight excluding hydrogens is 616 g/mol. The van der Waals surface area contributed by atoms with E-state index in [9.17, 15) is 24.3 Å². The van der Waals surface area contributed by atoms with E-state index in [1.165, 1.54) is 38.2 Å². The number of hydrogen-bond acceptors (Lipinski definition) is 9. The molecule has 1 aliphatic heterocycles. The van der Waals surface area contributed by atoms with Crippen LogP contribution in [0.3, 0.4) is 0 Å². The maximum Gasteiger partial charge on any atom is 0.337 e. The number of ketones is 1. The van der Waals surface area contributed by atoms with E-state index in [-0.39, 0.29) is 35.5 Å². The van der Waals surface area contributed by atoms with Crippen LogP contribution in [0, 0.1) is 12.3 Å². The summed E-state index contributed by atoms with van der Waals surface area (Å²) in [5, 5.41) is 9.86. The fraction of sp³-hybridized carbons (Fsp3) is 0.353. The second-order valence-electron chi connectivity index (χ2n) is 11.8. The summed E-state index contributed by atoms with van der Waals surface area (Å²) in [4.78, 5) is 53.0. The van der Waals surface area contributed by atoms with Gasteiger partial charge in [0, 0.05) is 58.4 Å². The van der Waals surface area contributed by atoms with Crippen LogP contribution in [0.1, 0.15) is 70.7 Å². The molecule has 0 fully saturated rings. The number of nitrogen functional groups attached to an aromatic ring is 1. The topological polar surface area (TPSA) is 155 Å². The first-order valence-electron chi connectivity index (χ1n) is 14.4. The smallest absolute Gasteiger partial charge is 0.337 e. The van der Waals surface area contributed by atoms with Gasteiger partial charge in [0.15, 0.2) is 17.3 Å². The quantitative estimate of drug-likeness (QED) is 0.151. The number of Topliss-reactive ketones (excluding diaryl/α,β-unsaturated/α-hetero) is 1. The van der Waals surface area contributed by atoms with Gasteiger partial charge in [0.25, 0.3) is 5.91 Å². The first kappa shape index (κ1) is 34.3. The third-order valence-corrected chi connectivity index (χ3v) is 8.02. The monoisotopic (exact) mass is 652 g/mol. The van der Waals surface area contributed by atoms with Crippen molar-refractivity contribution in [1.82, 2.24) is 0 Å². The van der Waals surface area contributed by atoms with E-state index in [1.807, 2.05) is 13.8 Å². The molecule has 3 aromatic carbocycles. The summed E-state index contributed by atoms with van der Waals surface area (Å²) in [6.07, 6.45) is -2.65. The van der Waals surface area contributed by atoms with Gasteiger partial charge in [0.2, 0.25) is 0 Å². The molecule has 0 saturated carbocycles. The average molecular weight is 653 g/mol. The highest BCUT2D eigenvalue weighted by Crippen LogP contribution is 2.46. The number of halogens is 1. The second-order valence-corrected chi connectivity index (χ2v) is 12.2. The van der Waals surface area contributed by atoms with Crippen molar-refractivity contribution < 1.29 is 43.2 Å². The number of aromatic carboxylic acids is 1. The minimum absolute atomic E-state index is 0.0288. The lowest BCUT2D eigenvalue weighted by molar-refractivity contribution is -0.143. The minimum atomic E-state index is -1.32. The molecule has 0 aliphatic carbocycles. The van der Waals surface area contributed by atoms with Crippen LogP contribution in [0.2, 0.25) is 5.02 Å². The van der Waals surface area contributed by atoms with E-state index in [0.29, 0.717) is 33.3 Å². The van der Waals surface area contributed by atoms with Crippen molar-refractivity contribution in [3.05, 3.63) is 81.4 Å². The van der Waals surface area contributed by atoms with Crippen LogP contribution >= 0.6 is 11.6 Å². The number of ether oxygens (including phenoxy) is 4. The first-order chi connectivity index (χ1) is 21.7. The Morgan fingerprint density at radius 2 is 1.74 bits per heavy atom. The average Bonchev–Trinajstić information content (AvgIpc) is 3.10. The Hall–Kier alpha value is -4.61. The maximum absolute atomic E-state index is 14.5. The van der Waals surface area contributed by atoms with E-state index in [0.717, 1.165) is 0 Å². The zero-order valence-electron chi connectivity index (χ0n) is 26.5. The molecule has 0 saturated heterocycles. The summed E-state index contributed by atoms with van der Waals surface area (Å²) in [7, 11) is 2.99. The third-order valence-electron chi connectivity index (χ3n) is 7.79. The summed E-state index contributed by atoms with van der Waals surface area (Å²) in [5.74, 6) is -1.86. The van der Waals surface area contributed by atoms with Gasteiger partial charge < -0.3 is 34.7 Å². The number of rotatable bonds is 11. The van der Waals surface area contributed by atoms with Gasteiger partial charge in [-0.05, 0) is 42.8 Å². The summed E-state index contributed by atoms with van der Waals surface area (Å²) >= 11 is 6.50. The zero-order valence-corrected chi connectivity index (χ0v) is 27.3. The lowest BCUT2D eigenvalue weighted by Crippen LogP contribution is -2.46. The molecule has 3 N–H and O–H groups in total. The minimum Gasteiger partial charge on any atom is -0.493 e. The molecule has 1 aliphatic rings. The van der Waals surface area contributed by atoms with Crippen molar-refractivity contribution in [1.29, 1.82) is 0 Å². The Kier molecular flexibility index (Phi) is 10.3. The van der Waals surface area contributed by atoms with Crippen molar-refractivity contribution in [3.63, 3.8) is 0 Å². The fourth-order valence-corrected chi connectivity index (χ4v) is 5.67. The zero-order chi connectivity index (χ0) is 33.9. The predicted molar refractivity (Wildman–Crippen MR) is 172 cm³/mol. The Balaban J connectivity index is 1.87. The summed E-state index contributed by atoms with van der Waals surface area (Å²) in [5.41, 5.74) is 7.19. The lowest BCUT2D eigenvalue weighted by Gasteiger charge is -2.33. The van der Waals surface area contributed by atoms with Gasteiger partial charge in [0.05, 0.1) is 26.4 Å². The molecule has 3 aromatic rings. The Morgan fingerprint density at radius 3 is 2.37 bits per heavy atom. The number of carboxylic acids is 1. The van der Waals surface area contributed by atoms with Crippen molar-refractivity contribution >= 4 is 46.6 Å². The van der Waals surface area contributed by atoms with E-state index < -0.39 is 47.7 Å². The maximum atomic E-state index is 14.5. The number of amides is 1. The SMILES string of the molecule is COc1cccc([C@H]2O[C@H](CC(=O)c3ccc(C(=O)O)c(N)c3C)C(=O)N(CC(C)(C)COC(C)=O)c3ccc(Cl)cc32)c1OC. The normalized spacial score (nSPS) is 16.3. The van der Waals surface area contributed by atoms with E-state index in [4.69, 9.17) is 36.3 Å². The van der Waals surface area contributed by atoms with Crippen LogP contribution in [0.5, 0.6) is 11.5 Å². The number of benzene rings is 3. The number of carbonyl (C=O) groups excluding carboxylic acids is 3. The predicted octanol–water partition coefficient (Wildman–Crippen LogP) is 5.63. The highest BCUT2D eigenvalue weighted by Gasteiger charge is 2.41. The number of anilines is 2. The molecule has 11 nitrogen and oxygen atoms in total. The molecule has 2 atom stereocenters. The first-order valence-corrected chi connectivity index (χ1v) is 14.8. The highest BCUT2D eigenvalue weighted by molar-refractivity contribution is 6.30. The van der Waals surface area contributed by atoms with Crippen molar-refractivity contribution in [2.45, 2.75) is 46.3 Å². The molecule has 0 radical (unpaired) electrons. The summed E-state index contributed by atoms with van der Waals surface area (Å²) < 4.78 is 23.1. The van der Waals surface area contributed by atoms with Gasteiger partial charge in [-0.3, -0.25) is 14.4 Å². The Bertz CT molecular complexity index is 1690. The largest absolute Gasteiger partial charge is 0.493 e. The molecule has 0 aromatic heterocycles. The number of esters is 1. The molecule has 1 heterocycles. The molecule has 0 bridgehead atoms. The summed E-state index contributed by atoms with van der Waals surface area (Å²) in [6.45, 7) is 6.69. The van der Waals surface area contributed by atoms with Crippen molar-refractivity contribution in [2.24, 2.45) is 5.41 Å². The number of methoxy groups -OCH3 is 2. The van der Waals surface area contributed by atoms with E-state index >= 15 is 0 Å². The number of nitrogens with two attached hydrogens (primary N) is 1. The van der Waals surface area contributed by atoms with Gasteiger partial charge in [-0.25, -0.2) is 4.79 Å². The number of carboxylic acid groups (broad SMARTS) is 1. The highest BCUT2D eigenvalue weighted by atomic mass is 35.5. The van der Waals surface area contributed by atoms with Gasteiger partial charge in [-0.15, -0.1) is 0 Å². The van der Waals surface area contributed by atoms with E-state index in [2.05, 4.69) is 0 Å². The third kappa shape index (κ3) is 7.11. The fourth-order valence-electron chi connectivity index (χ4n) is 5.49. The van der Waals surface area contributed by atoms with Crippen molar-refractivity contribution in [2.75, 3.05) is 38.0 Å². The van der Waals surface area contributed by atoms with Crippen molar-refractivity contribution in [3.8, 4) is 11.5 Å². The van der Waals surface area contributed by atoms with Gasteiger partial charge in [0.1, 0.15) is 12.2 Å². The van der Waals surface area contributed by atoms with Gasteiger partial charge in [-0.2, -0.15) is 0 Å². The van der Waals surface area contributed by atoms with Crippen LogP contribution in [0.25, 0.3) is 0 Å². The van der Waals surface area contributed by atoms with Gasteiger partial charge >= 0.3 is 11.9 Å². The standard InChI is InChI=1S/C34H37ClN2O9/c1-18-21(11-12-22(29(18)36)33(41)42)26(39)15-28-32(40)37(16-34(3,4)17-45-19(2)38)25-13-10-20(35)14-24(25)30(46-28)23-8-7-9-27(43-5)31(23)44-6/h7-14,28,30H,15-17,36H2,1-6H3,(H,41,42)/t28-,30-/m1/s1. The molecule has 1 amide bonds. The molecule has 0 spiro atoms. The number of nitrogens with zero attached hydrogens (tertiary/aromatic N) is 1. The number of hydrogen-bond donors (Lipinski definition) is 2. The summed E-state index contributed by atoms with van der Waals surface area (Å²) in [6, 6.07) is 13.0. The van der Waals surface area contributed by atoms with Crippen LogP contribution in [-0.2, 0) is 19.1 Å². The molecule has 0 unspecified atom stereocenters. The van der Waals surface area contributed by atoms with E-state index in [1.54, 1.807) is 43.3 Å². The number of fused-ring (bicyclic) bond motifs is 1. The Labute approximate surface area is 272 Å². The second kappa shape index (κ2) is 13.8. The molecule has 4 rings (SSSR count). The Morgan fingerprint density at radius 1 is 1.04 bits per heavy atom. The molecule has 12 heteroatoms. The van der Waals surface area contributed by atoms with Gasteiger partial charge in [-0.1, -0.05) is 43.6 Å². The van der Waals surface area contributed by atoms with Crippen LogP contribution in [-0.4, -0.2) is 62.2 Å². The molecular formula is C34H37ClN2O9. The number of carbonyl (C=O) groups is 4. The van der Waals surface area contributed by atoms with Crippen LogP contribution in [0.4, 0.5) is 11.4 Å². The molecule has 244 valence electrons. The number of para-hydroxylation sites is 1. The lowest BCUT2D eigenvalue weighted by atomic mass is 9.92. The molecule has 46 heavy (non-hydrogen) atoms. The van der Waals surface area contributed by atoms with Crippen LogP contribution in [0.15, 0.2) is 48.5 Å². The van der Waals surface area contributed by atoms with Crippen LogP contribution < -0.4 is 20.1 Å².